The van der Waals surface area contributed by atoms with Gasteiger partial charge in [-0.05, 0) is 46.8 Å². The minimum absolute atomic E-state index is 1.15. The molecule has 0 N–H and O–H groups in total. The molecule has 0 aliphatic carbocycles. The van der Waals surface area contributed by atoms with Gasteiger partial charge in [0, 0.05) is 16.8 Å². The molecule has 0 atom stereocenters. The molecule has 0 radical (unpaired) electrons. The molecule has 5 rings (SSSR count). The van der Waals surface area contributed by atoms with Gasteiger partial charge in [0.2, 0.25) is 0 Å². The molecule has 0 aliphatic rings. The highest BCUT2D eigenvalue weighted by molar-refractivity contribution is 6.06. The summed E-state index contributed by atoms with van der Waals surface area (Å²) in [6, 6.07) is 44.9. The van der Waals surface area contributed by atoms with Gasteiger partial charge in [0.25, 0.3) is 0 Å². The third-order valence-corrected chi connectivity index (χ3v) is 5.26. The first-order valence-electron chi connectivity index (χ1n) is 9.89. The molecule has 0 saturated carbocycles. The van der Waals surface area contributed by atoms with Gasteiger partial charge in [-0.1, -0.05) is 97.1 Å². The zero-order valence-corrected chi connectivity index (χ0v) is 16.1. The van der Waals surface area contributed by atoms with Crippen LogP contribution in [0.25, 0.3) is 21.9 Å². The van der Waals surface area contributed by atoms with Gasteiger partial charge in [-0.3, -0.25) is 0 Å². The Labute approximate surface area is 171 Å². The summed E-state index contributed by atoms with van der Waals surface area (Å²) in [4.78, 5) is 2.33. The lowest BCUT2D eigenvalue weighted by Crippen LogP contribution is -2.10. The van der Waals surface area contributed by atoms with Crippen molar-refractivity contribution in [2.75, 3.05) is 4.90 Å². The normalized spacial score (nSPS) is 10.8. The molecule has 1 heteroatoms. The summed E-state index contributed by atoms with van der Waals surface area (Å²) in [5.74, 6) is 0. The van der Waals surface area contributed by atoms with Crippen LogP contribution in [-0.4, -0.2) is 0 Å². The second-order valence-corrected chi connectivity index (χ2v) is 7.05. The summed E-state index contributed by atoms with van der Waals surface area (Å²) in [5, 5.41) is 2.50. The van der Waals surface area contributed by atoms with E-state index in [9.17, 15) is 0 Å². The maximum Gasteiger partial charge on any atom is 0.0540 e. The average molecular weight is 371 g/mol. The standard InChI is InChI=1S/C28H21N/c1-4-12-22(13-5-1)25-20-21-28(27-19-11-10-18-26(25)27)29(23-14-6-2-7-15-23)24-16-8-3-9-17-24/h1-21H. The largest absolute Gasteiger partial charge is 0.310 e. The Bertz CT molecular complexity index is 1190. The fourth-order valence-electron chi connectivity index (χ4n) is 3.93. The van der Waals surface area contributed by atoms with Crippen molar-refractivity contribution in [3.8, 4) is 11.1 Å². The molecule has 0 aliphatic heterocycles. The van der Waals surface area contributed by atoms with Crippen LogP contribution in [0.2, 0.25) is 0 Å². The number of fused-ring (bicyclic) bond motifs is 1. The molecular weight excluding hydrogens is 350 g/mol. The second kappa shape index (κ2) is 7.65. The fraction of sp³-hybridized carbons (Fsp3) is 0. The van der Waals surface area contributed by atoms with E-state index in [2.05, 4.69) is 132 Å². The first-order chi connectivity index (χ1) is 14.4. The zero-order valence-electron chi connectivity index (χ0n) is 16.1. The van der Waals surface area contributed by atoms with Crippen LogP contribution in [0.3, 0.4) is 0 Å². The van der Waals surface area contributed by atoms with Crippen LogP contribution in [0.1, 0.15) is 0 Å². The van der Waals surface area contributed by atoms with Gasteiger partial charge in [0.1, 0.15) is 0 Å². The predicted octanol–water partition coefficient (Wildman–Crippen LogP) is 7.98. The van der Waals surface area contributed by atoms with Crippen LogP contribution >= 0.6 is 0 Å². The van der Waals surface area contributed by atoms with Crippen molar-refractivity contribution in [2.45, 2.75) is 0 Å². The molecule has 1 nitrogen and oxygen atoms in total. The SMILES string of the molecule is c1ccc(-c2ccc(N(c3ccccc3)c3ccccc3)c3ccccc23)cc1. The van der Waals surface area contributed by atoms with Gasteiger partial charge in [-0.25, -0.2) is 0 Å². The van der Waals surface area contributed by atoms with Crippen LogP contribution in [0.15, 0.2) is 127 Å². The summed E-state index contributed by atoms with van der Waals surface area (Å²) >= 11 is 0. The van der Waals surface area contributed by atoms with Gasteiger partial charge in [-0.2, -0.15) is 0 Å². The Kier molecular flexibility index (Phi) is 4.56. The molecule has 0 aromatic heterocycles. The van der Waals surface area contributed by atoms with E-state index < -0.39 is 0 Å². The minimum Gasteiger partial charge on any atom is -0.310 e. The summed E-state index contributed by atoms with van der Waals surface area (Å²) in [6.07, 6.45) is 0. The summed E-state index contributed by atoms with van der Waals surface area (Å²) in [7, 11) is 0. The van der Waals surface area contributed by atoms with Crippen molar-refractivity contribution in [3.63, 3.8) is 0 Å². The zero-order chi connectivity index (χ0) is 19.5. The van der Waals surface area contributed by atoms with Crippen molar-refractivity contribution in [3.05, 3.63) is 127 Å². The maximum absolute atomic E-state index is 2.33. The van der Waals surface area contributed by atoms with Crippen LogP contribution in [-0.2, 0) is 0 Å². The van der Waals surface area contributed by atoms with E-state index in [1.807, 2.05) is 0 Å². The van der Waals surface area contributed by atoms with Crippen molar-refractivity contribution in [1.82, 2.24) is 0 Å². The molecule has 0 amide bonds. The minimum atomic E-state index is 1.15. The van der Waals surface area contributed by atoms with Crippen LogP contribution < -0.4 is 4.90 Å². The smallest absolute Gasteiger partial charge is 0.0540 e. The molecule has 0 saturated heterocycles. The topological polar surface area (TPSA) is 3.24 Å². The molecule has 0 fully saturated rings. The molecule has 5 aromatic rings. The van der Waals surface area contributed by atoms with Crippen LogP contribution in [0.4, 0.5) is 17.1 Å². The van der Waals surface area contributed by atoms with E-state index >= 15 is 0 Å². The van der Waals surface area contributed by atoms with Gasteiger partial charge >= 0.3 is 0 Å². The number of hydrogen-bond donors (Lipinski definition) is 0. The average Bonchev–Trinajstić information content (AvgIpc) is 2.81. The predicted molar refractivity (Wildman–Crippen MR) is 124 cm³/mol. The van der Waals surface area contributed by atoms with Gasteiger partial charge < -0.3 is 4.90 Å². The first kappa shape index (κ1) is 17.3. The molecule has 0 bridgehead atoms. The molecule has 29 heavy (non-hydrogen) atoms. The molecule has 5 aromatic carbocycles. The number of para-hydroxylation sites is 2. The monoisotopic (exact) mass is 371 g/mol. The lowest BCUT2D eigenvalue weighted by molar-refractivity contribution is 1.30. The second-order valence-electron chi connectivity index (χ2n) is 7.05. The molecule has 0 spiro atoms. The highest BCUT2D eigenvalue weighted by atomic mass is 15.1. The van der Waals surface area contributed by atoms with E-state index in [-0.39, 0.29) is 0 Å². The molecule has 0 heterocycles. The van der Waals surface area contributed by atoms with Gasteiger partial charge in [-0.15, -0.1) is 0 Å². The summed E-state index contributed by atoms with van der Waals surface area (Å²) < 4.78 is 0. The Morgan fingerprint density at radius 3 is 1.45 bits per heavy atom. The van der Waals surface area contributed by atoms with Crippen LogP contribution in [0.5, 0.6) is 0 Å². The van der Waals surface area contributed by atoms with Crippen molar-refractivity contribution in [2.24, 2.45) is 0 Å². The van der Waals surface area contributed by atoms with Crippen molar-refractivity contribution < 1.29 is 0 Å². The van der Waals surface area contributed by atoms with E-state index in [1.165, 1.54) is 27.6 Å². The fourth-order valence-corrected chi connectivity index (χ4v) is 3.93. The summed E-state index contributed by atoms with van der Waals surface area (Å²) in [5.41, 5.74) is 5.97. The number of hydrogen-bond acceptors (Lipinski definition) is 1. The Balaban J connectivity index is 1.77. The Morgan fingerprint density at radius 2 is 0.862 bits per heavy atom. The Morgan fingerprint density at radius 1 is 0.379 bits per heavy atom. The van der Waals surface area contributed by atoms with Crippen molar-refractivity contribution in [1.29, 1.82) is 0 Å². The van der Waals surface area contributed by atoms with E-state index in [0.29, 0.717) is 0 Å². The van der Waals surface area contributed by atoms with Gasteiger partial charge in [0.05, 0.1) is 5.69 Å². The quantitative estimate of drug-likeness (QED) is 0.309. The summed E-state index contributed by atoms with van der Waals surface area (Å²) in [6.45, 7) is 0. The van der Waals surface area contributed by atoms with Gasteiger partial charge in [0.15, 0.2) is 0 Å². The molecular formula is C28H21N. The maximum atomic E-state index is 2.33. The lowest BCUT2D eigenvalue weighted by Gasteiger charge is -2.27. The van der Waals surface area contributed by atoms with E-state index in [4.69, 9.17) is 0 Å². The number of benzene rings is 5. The highest BCUT2D eigenvalue weighted by Gasteiger charge is 2.16. The van der Waals surface area contributed by atoms with Crippen molar-refractivity contribution >= 4 is 27.8 Å². The third-order valence-electron chi connectivity index (χ3n) is 5.26. The van der Waals surface area contributed by atoms with E-state index in [0.717, 1.165) is 11.4 Å². The lowest BCUT2D eigenvalue weighted by atomic mass is 9.96. The number of nitrogens with zero attached hydrogens (tertiary/aromatic N) is 1. The third kappa shape index (κ3) is 3.28. The first-order valence-corrected chi connectivity index (χ1v) is 9.89. The highest BCUT2D eigenvalue weighted by Crippen LogP contribution is 2.41. The molecule has 0 unspecified atom stereocenters. The van der Waals surface area contributed by atoms with Crippen LogP contribution in [0, 0.1) is 0 Å². The molecule has 138 valence electrons. The van der Waals surface area contributed by atoms with E-state index in [1.54, 1.807) is 0 Å². The number of rotatable bonds is 4. The Hall–Kier alpha value is -3.84. The number of anilines is 3.